The molecular weight excluding hydrogens is 436 g/mol. The standard InChI is InChI=1S/C10H7BrO2S.C9H6O2S/c1-13-10(12)6-2-3-9-7(4-6)8(11)5-14-9;10-9(11)7-1-2-8-6(5-7)3-4-12-8/h2-5H,1H3;1-5H,(H,10,11). The number of ether oxygens (including phenoxy) is 1. The van der Waals surface area contributed by atoms with Crippen molar-refractivity contribution in [1.29, 1.82) is 0 Å². The molecule has 0 saturated carbocycles. The van der Waals surface area contributed by atoms with Crippen molar-refractivity contribution >= 4 is 70.7 Å². The largest absolute Gasteiger partial charge is 0.478 e. The van der Waals surface area contributed by atoms with E-state index in [1.54, 1.807) is 40.9 Å². The van der Waals surface area contributed by atoms with E-state index in [-0.39, 0.29) is 5.97 Å². The van der Waals surface area contributed by atoms with Crippen LogP contribution in [-0.4, -0.2) is 24.2 Å². The first kappa shape index (κ1) is 18.6. The summed E-state index contributed by atoms with van der Waals surface area (Å²) < 4.78 is 7.95. The highest BCUT2D eigenvalue weighted by atomic mass is 79.9. The number of rotatable bonds is 2. The number of carboxylic acids is 1. The zero-order valence-electron chi connectivity index (χ0n) is 13.6. The molecule has 0 bridgehead atoms. The minimum Gasteiger partial charge on any atom is -0.478 e. The normalized spacial score (nSPS) is 10.4. The Morgan fingerprint density at radius 3 is 2.46 bits per heavy atom. The van der Waals surface area contributed by atoms with Crippen molar-refractivity contribution in [3.63, 3.8) is 0 Å². The number of benzene rings is 2. The Morgan fingerprint density at radius 2 is 1.73 bits per heavy atom. The monoisotopic (exact) mass is 448 g/mol. The van der Waals surface area contributed by atoms with Crippen LogP contribution in [0.4, 0.5) is 0 Å². The number of methoxy groups -OCH3 is 1. The number of carbonyl (C=O) groups excluding carboxylic acids is 1. The molecule has 7 heteroatoms. The smallest absolute Gasteiger partial charge is 0.337 e. The van der Waals surface area contributed by atoms with E-state index in [9.17, 15) is 9.59 Å². The molecule has 132 valence electrons. The number of aromatic carboxylic acids is 1. The average molecular weight is 449 g/mol. The Labute approximate surface area is 165 Å². The average Bonchev–Trinajstić information content (AvgIpc) is 3.27. The van der Waals surface area contributed by atoms with Gasteiger partial charge in [0.25, 0.3) is 0 Å². The second-order valence-corrected chi connectivity index (χ2v) is 7.98. The number of fused-ring (bicyclic) bond motifs is 2. The van der Waals surface area contributed by atoms with Crippen LogP contribution in [0.5, 0.6) is 0 Å². The van der Waals surface area contributed by atoms with E-state index in [1.165, 1.54) is 7.11 Å². The molecule has 0 spiro atoms. The molecule has 4 aromatic rings. The zero-order chi connectivity index (χ0) is 18.7. The second kappa shape index (κ2) is 7.99. The van der Waals surface area contributed by atoms with Crippen LogP contribution in [0.1, 0.15) is 20.7 Å². The van der Waals surface area contributed by atoms with Gasteiger partial charge in [-0.05, 0) is 69.2 Å². The highest BCUT2D eigenvalue weighted by Crippen LogP contribution is 2.30. The molecule has 4 nitrogen and oxygen atoms in total. The highest BCUT2D eigenvalue weighted by molar-refractivity contribution is 9.10. The van der Waals surface area contributed by atoms with Gasteiger partial charge < -0.3 is 9.84 Å². The number of thiophene rings is 2. The summed E-state index contributed by atoms with van der Waals surface area (Å²) in [6, 6.07) is 12.6. The summed E-state index contributed by atoms with van der Waals surface area (Å²) in [5.74, 6) is -1.17. The lowest BCUT2D eigenvalue weighted by molar-refractivity contribution is 0.0600. The van der Waals surface area contributed by atoms with Crippen molar-refractivity contribution in [2.75, 3.05) is 7.11 Å². The third kappa shape index (κ3) is 3.95. The number of esters is 1. The molecule has 0 fully saturated rings. The molecule has 0 aliphatic rings. The van der Waals surface area contributed by atoms with Crippen molar-refractivity contribution in [3.8, 4) is 0 Å². The molecule has 0 radical (unpaired) electrons. The summed E-state index contributed by atoms with van der Waals surface area (Å²) in [7, 11) is 1.38. The summed E-state index contributed by atoms with van der Waals surface area (Å²) in [4.78, 5) is 21.8. The molecule has 26 heavy (non-hydrogen) atoms. The van der Waals surface area contributed by atoms with Gasteiger partial charge in [0, 0.05) is 24.6 Å². The molecule has 0 atom stereocenters. The minimum absolute atomic E-state index is 0.301. The first-order valence-corrected chi connectivity index (χ1v) is 10.0. The van der Waals surface area contributed by atoms with E-state index in [0.29, 0.717) is 11.1 Å². The Balaban J connectivity index is 0.000000152. The summed E-state index contributed by atoms with van der Waals surface area (Å²) >= 11 is 6.69. The Hall–Kier alpha value is -2.22. The van der Waals surface area contributed by atoms with Crippen LogP contribution in [0.2, 0.25) is 0 Å². The SMILES string of the molecule is COC(=O)c1ccc2scc(Br)c2c1.O=C(O)c1ccc2sccc2c1. The van der Waals surface area contributed by atoms with Gasteiger partial charge in [0.05, 0.1) is 18.2 Å². The molecule has 2 heterocycles. The fourth-order valence-electron chi connectivity index (χ4n) is 2.34. The van der Waals surface area contributed by atoms with Gasteiger partial charge in [-0.3, -0.25) is 0 Å². The lowest BCUT2D eigenvalue weighted by Crippen LogP contribution is -1.99. The molecule has 0 amide bonds. The van der Waals surface area contributed by atoms with Gasteiger partial charge in [-0.25, -0.2) is 9.59 Å². The molecule has 1 N–H and O–H groups in total. The van der Waals surface area contributed by atoms with Gasteiger partial charge in [-0.15, -0.1) is 22.7 Å². The fourth-order valence-corrected chi connectivity index (χ4v) is 4.65. The number of hydrogen-bond donors (Lipinski definition) is 1. The van der Waals surface area contributed by atoms with E-state index >= 15 is 0 Å². The van der Waals surface area contributed by atoms with Gasteiger partial charge in [0.1, 0.15) is 0 Å². The summed E-state index contributed by atoms with van der Waals surface area (Å²) in [5.41, 5.74) is 0.931. The van der Waals surface area contributed by atoms with Gasteiger partial charge >= 0.3 is 11.9 Å². The third-order valence-electron chi connectivity index (χ3n) is 3.65. The van der Waals surface area contributed by atoms with Crippen molar-refractivity contribution in [2.45, 2.75) is 0 Å². The molecule has 0 aliphatic carbocycles. The van der Waals surface area contributed by atoms with E-state index in [1.807, 2.05) is 35.0 Å². The van der Waals surface area contributed by atoms with Gasteiger partial charge in [-0.2, -0.15) is 0 Å². The Morgan fingerprint density at radius 1 is 1.00 bits per heavy atom. The van der Waals surface area contributed by atoms with Crippen LogP contribution in [0, 0.1) is 0 Å². The third-order valence-corrected chi connectivity index (χ3v) is 6.47. The minimum atomic E-state index is -0.872. The van der Waals surface area contributed by atoms with Crippen LogP contribution < -0.4 is 0 Å². The number of carbonyl (C=O) groups is 2. The number of carboxylic acid groups (broad SMARTS) is 1. The summed E-state index contributed by atoms with van der Waals surface area (Å²) in [6.45, 7) is 0. The highest BCUT2D eigenvalue weighted by Gasteiger charge is 2.08. The molecular formula is C19H13BrO4S2. The quantitative estimate of drug-likeness (QED) is 0.379. The molecule has 2 aromatic carbocycles. The maximum absolute atomic E-state index is 11.3. The Kier molecular flexibility index (Phi) is 5.70. The molecule has 0 saturated heterocycles. The fraction of sp³-hybridized carbons (Fsp3) is 0.0526. The van der Waals surface area contributed by atoms with Gasteiger partial charge in [0.2, 0.25) is 0 Å². The van der Waals surface area contributed by atoms with Crippen LogP contribution in [0.25, 0.3) is 20.2 Å². The zero-order valence-corrected chi connectivity index (χ0v) is 16.8. The van der Waals surface area contributed by atoms with Crippen molar-refractivity contribution in [2.24, 2.45) is 0 Å². The number of hydrogen-bond acceptors (Lipinski definition) is 5. The van der Waals surface area contributed by atoms with Gasteiger partial charge in [0.15, 0.2) is 0 Å². The lowest BCUT2D eigenvalue weighted by Gasteiger charge is -1.98. The van der Waals surface area contributed by atoms with Crippen molar-refractivity contribution in [3.05, 3.63) is 68.8 Å². The maximum Gasteiger partial charge on any atom is 0.337 e. The molecule has 0 unspecified atom stereocenters. The van der Waals surface area contributed by atoms with Gasteiger partial charge in [-0.1, -0.05) is 0 Å². The number of halogens is 1. The van der Waals surface area contributed by atoms with Crippen molar-refractivity contribution < 1.29 is 19.4 Å². The second-order valence-electron chi connectivity index (χ2n) is 5.26. The van der Waals surface area contributed by atoms with E-state index in [4.69, 9.17) is 5.11 Å². The molecule has 0 aliphatic heterocycles. The Bertz CT molecular complexity index is 1100. The maximum atomic E-state index is 11.3. The van der Waals surface area contributed by atoms with Crippen molar-refractivity contribution in [1.82, 2.24) is 0 Å². The van der Waals surface area contributed by atoms with Crippen LogP contribution >= 0.6 is 38.6 Å². The predicted molar refractivity (Wildman–Crippen MR) is 110 cm³/mol. The summed E-state index contributed by atoms with van der Waals surface area (Å²) in [6.07, 6.45) is 0. The van der Waals surface area contributed by atoms with Crippen LogP contribution in [0.3, 0.4) is 0 Å². The molecule has 2 aromatic heterocycles. The van der Waals surface area contributed by atoms with E-state index < -0.39 is 5.97 Å². The molecule has 4 rings (SSSR count). The van der Waals surface area contributed by atoms with E-state index in [0.717, 1.165) is 24.6 Å². The first-order valence-electron chi connectivity index (χ1n) is 7.45. The van der Waals surface area contributed by atoms with E-state index in [2.05, 4.69) is 20.7 Å². The predicted octanol–water partition coefficient (Wildman–Crippen LogP) is 6.05. The van der Waals surface area contributed by atoms with Crippen LogP contribution in [0.15, 0.2) is 57.7 Å². The first-order chi connectivity index (χ1) is 12.5. The van der Waals surface area contributed by atoms with Crippen LogP contribution in [-0.2, 0) is 4.74 Å². The summed E-state index contributed by atoms with van der Waals surface area (Å²) in [5, 5.41) is 14.7. The lowest BCUT2D eigenvalue weighted by atomic mass is 10.2. The topological polar surface area (TPSA) is 63.6 Å².